The van der Waals surface area contributed by atoms with Crippen LogP contribution in [0.5, 0.6) is 0 Å². The van der Waals surface area contributed by atoms with E-state index in [9.17, 15) is 9.59 Å². The number of aromatic nitrogens is 8. The quantitative estimate of drug-likeness (QED) is 0.108. The Morgan fingerprint density at radius 3 is 1.23 bits per heavy atom. The van der Waals surface area contributed by atoms with Gasteiger partial charge in [-0.3, -0.25) is 29.4 Å². The molecule has 4 aromatic carbocycles. The van der Waals surface area contributed by atoms with Gasteiger partial charge in [0.05, 0.1) is 13.1 Å². The monoisotopic (exact) mass is 874 g/mol. The van der Waals surface area contributed by atoms with Crippen molar-refractivity contribution in [3.05, 3.63) is 108 Å². The molecule has 0 unspecified atom stereocenters. The van der Waals surface area contributed by atoms with Crippen molar-refractivity contribution in [1.82, 2.24) is 51.0 Å². The molecule has 4 N–H and O–H groups in total. The Morgan fingerprint density at radius 2 is 0.892 bits per heavy atom. The molecule has 2 aliphatic heterocycles. The Bertz CT molecular complexity index is 2410. The molecule has 0 saturated heterocycles. The van der Waals surface area contributed by atoms with E-state index in [1.807, 2.05) is 46.2 Å². The largest absolute Gasteiger partial charge is 0.412 e. The second-order valence-electron chi connectivity index (χ2n) is 17.5. The van der Waals surface area contributed by atoms with E-state index < -0.39 is 11.1 Å². The number of carbonyl (C=O) groups is 2. The SMILES string of the molecule is CCCCC1=NC2(CCCC2)C(=O)N1Cc1ccc(-c2ccccc2-c2nn[nH]n2)cc1.CCCCC1=NC2(CCCC2)C(=O)N1Cc1ccc(-c2ccccc2-c2nn[nH]n2)cc1.O. The summed E-state index contributed by atoms with van der Waals surface area (Å²) in [6, 6.07) is 32.9. The lowest BCUT2D eigenvalue weighted by Crippen LogP contribution is -2.40. The van der Waals surface area contributed by atoms with Crippen molar-refractivity contribution in [1.29, 1.82) is 0 Å². The predicted molar refractivity (Wildman–Crippen MR) is 251 cm³/mol. The molecular formula is C50H58N12O3. The summed E-state index contributed by atoms with van der Waals surface area (Å²) in [5, 5.41) is 28.9. The first-order valence-electron chi connectivity index (χ1n) is 23.1. The summed E-state index contributed by atoms with van der Waals surface area (Å²) in [6.07, 6.45) is 14.0. The molecule has 2 aliphatic carbocycles. The number of rotatable bonds is 14. The zero-order valence-corrected chi connectivity index (χ0v) is 37.3. The van der Waals surface area contributed by atoms with Crippen LogP contribution in [0.1, 0.15) is 115 Å². The zero-order valence-electron chi connectivity index (χ0n) is 37.3. The molecule has 2 saturated carbocycles. The van der Waals surface area contributed by atoms with Gasteiger partial charge in [0.15, 0.2) is 0 Å². The molecule has 0 bridgehead atoms. The standard InChI is InChI=1S/2C25H28N6O.H2O/c2*1-2-3-10-22-26-25(15-6-7-16-25)24(32)31(22)17-18-11-13-19(14-12-18)20-8-4-5-9-21(20)23-27-29-30-28-23;/h2*4-5,8-9,11-14H,2-3,6-7,10,15-17H2,1H3,(H,27,28,29,30);1H2. The molecule has 0 atom stereocenters. The molecule has 4 aliphatic rings. The van der Waals surface area contributed by atoms with E-state index in [-0.39, 0.29) is 17.3 Å². The molecule has 0 radical (unpaired) electrons. The number of unbranched alkanes of at least 4 members (excludes halogenated alkanes) is 2. The first-order chi connectivity index (χ1) is 31.4. The van der Waals surface area contributed by atoms with E-state index in [1.165, 1.54) is 0 Å². The third kappa shape index (κ3) is 9.28. The van der Waals surface area contributed by atoms with E-state index in [4.69, 9.17) is 9.98 Å². The summed E-state index contributed by atoms with van der Waals surface area (Å²) in [6.45, 7) is 5.52. The first-order valence-corrected chi connectivity index (χ1v) is 23.1. The molecule has 336 valence electrons. The molecule has 10 rings (SSSR count). The maximum absolute atomic E-state index is 13.4. The molecule has 65 heavy (non-hydrogen) atoms. The number of H-pyrrole nitrogens is 2. The first kappa shape index (κ1) is 44.9. The van der Waals surface area contributed by atoms with Crippen LogP contribution in [0.4, 0.5) is 0 Å². The lowest BCUT2D eigenvalue weighted by Gasteiger charge is -2.23. The summed E-state index contributed by atoms with van der Waals surface area (Å²) in [7, 11) is 0. The minimum absolute atomic E-state index is 0. The summed E-state index contributed by atoms with van der Waals surface area (Å²) in [5.41, 5.74) is 7.38. The molecule has 4 heterocycles. The van der Waals surface area contributed by atoms with Gasteiger partial charge in [0.1, 0.15) is 22.7 Å². The number of carbonyl (C=O) groups excluding carboxylic acids is 2. The van der Waals surface area contributed by atoms with Crippen LogP contribution < -0.4 is 0 Å². The van der Waals surface area contributed by atoms with Crippen LogP contribution in [0.15, 0.2) is 107 Å². The minimum Gasteiger partial charge on any atom is -0.412 e. The van der Waals surface area contributed by atoms with Crippen molar-refractivity contribution in [2.24, 2.45) is 9.98 Å². The number of aromatic amines is 2. The van der Waals surface area contributed by atoms with Crippen LogP contribution in [0, 0.1) is 0 Å². The van der Waals surface area contributed by atoms with Crippen LogP contribution >= 0.6 is 0 Å². The lowest BCUT2D eigenvalue weighted by atomic mass is 9.97. The Kier molecular flexibility index (Phi) is 13.8. The normalized spacial score (nSPS) is 17.1. The molecule has 6 aromatic rings. The van der Waals surface area contributed by atoms with Gasteiger partial charge in [-0.2, -0.15) is 10.4 Å². The Morgan fingerprint density at radius 1 is 0.523 bits per heavy atom. The van der Waals surface area contributed by atoms with Crippen LogP contribution in [-0.2, 0) is 22.7 Å². The van der Waals surface area contributed by atoms with Crippen molar-refractivity contribution >= 4 is 23.5 Å². The molecule has 15 heteroatoms. The number of tetrazole rings is 2. The molecule has 2 fully saturated rings. The Balaban J connectivity index is 0.000000175. The number of benzene rings is 4. The van der Waals surface area contributed by atoms with Crippen molar-refractivity contribution < 1.29 is 15.1 Å². The summed E-state index contributed by atoms with van der Waals surface area (Å²) in [4.78, 5) is 40.6. The Hall–Kier alpha value is -6.74. The highest BCUT2D eigenvalue weighted by atomic mass is 16.2. The number of hydrogen-bond donors (Lipinski definition) is 2. The highest BCUT2D eigenvalue weighted by molar-refractivity contribution is 6.09. The third-order valence-corrected chi connectivity index (χ3v) is 13.2. The van der Waals surface area contributed by atoms with E-state index in [2.05, 4.69) is 116 Å². The van der Waals surface area contributed by atoms with Gasteiger partial charge in [0, 0.05) is 24.0 Å². The topological polar surface area (TPSA) is 206 Å². The van der Waals surface area contributed by atoms with Crippen molar-refractivity contribution in [2.75, 3.05) is 0 Å². The van der Waals surface area contributed by atoms with E-state index in [1.54, 1.807) is 0 Å². The van der Waals surface area contributed by atoms with Gasteiger partial charge in [0.2, 0.25) is 11.6 Å². The maximum Gasteiger partial charge on any atom is 0.256 e. The average molecular weight is 875 g/mol. The van der Waals surface area contributed by atoms with Crippen molar-refractivity contribution in [2.45, 2.75) is 128 Å². The molecule has 15 nitrogen and oxygen atoms in total. The maximum atomic E-state index is 13.4. The second-order valence-corrected chi connectivity index (χ2v) is 17.5. The fourth-order valence-corrected chi connectivity index (χ4v) is 9.75. The van der Waals surface area contributed by atoms with Crippen molar-refractivity contribution in [3.63, 3.8) is 0 Å². The summed E-state index contributed by atoms with van der Waals surface area (Å²) >= 11 is 0. The smallest absolute Gasteiger partial charge is 0.256 e. The molecule has 2 amide bonds. The van der Waals surface area contributed by atoms with Gasteiger partial charge in [-0.15, -0.1) is 20.4 Å². The highest BCUT2D eigenvalue weighted by Crippen LogP contribution is 2.42. The third-order valence-electron chi connectivity index (χ3n) is 13.2. The van der Waals surface area contributed by atoms with Gasteiger partial charge >= 0.3 is 0 Å². The van der Waals surface area contributed by atoms with Gasteiger partial charge in [-0.25, -0.2) is 0 Å². The van der Waals surface area contributed by atoms with E-state index in [0.29, 0.717) is 24.7 Å². The molecular weight excluding hydrogens is 817 g/mol. The van der Waals surface area contributed by atoms with Gasteiger partial charge < -0.3 is 5.48 Å². The number of amides is 2. The van der Waals surface area contributed by atoms with E-state index in [0.717, 1.165) is 146 Å². The van der Waals surface area contributed by atoms with Crippen LogP contribution in [0.25, 0.3) is 45.0 Å². The van der Waals surface area contributed by atoms with Crippen LogP contribution in [0.3, 0.4) is 0 Å². The van der Waals surface area contributed by atoms with Crippen molar-refractivity contribution in [3.8, 4) is 45.0 Å². The second kappa shape index (κ2) is 20.0. The summed E-state index contributed by atoms with van der Waals surface area (Å²) in [5.74, 6) is 3.51. The van der Waals surface area contributed by atoms with Gasteiger partial charge in [0.25, 0.3) is 11.8 Å². The predicted octanol–water partition coefficient (Wildman–Crippen LogP) is 8.73. The minimum atomic E-state index is -0.480. The number of amidine groups is 2. The van der Waals surface area contributed by atoms with Gasteiger partial charge in [-0.05, 0) is 82.3 Å². The highest BCUT2D eigenvalue weighted by Gasteiger charge is 2.50. The number of aliphatic imine (C=N–C) groups is 2. The fourth-order valence-electron chi connectivity index (χ4n) is 9.75. The fraction of sp³-hybridized carbons (Fsp3) is 0.400. The number of hydrogen-bond acceptors (Lipinski definition) is 10. The molecule has 2 aromatic heterocycles. The van der Waals surface area contributed by atoms with Gasteiger partial charge in [-0.1, -0.05) is 149 Å². The average Bonchev–Trinajstić information content (AvgIpc) is 4.22. The zero-order chi connectivity index (χ0) is 43.9. The number of nitrogens with one attached hydrogen (secondary N) is 2. The lowest BCUT2D eigenvalue weighted by molar-refractivity contribution is -0.132. The number of nitrogens with zero attached hydrogens (tertiary/aromatic N) is 10. The van der Waals surface area contributed by atoms with Crippen LogP contribution in [-0.4, -0.2) is 91.1 Å². The van der Waals surface area contributed by atoms with E-state index >= 15 is 0 Å². The summed E-state index contributed by atoms with van der Waals surface area (Å²) < 4.78 is 0. The Labute approximate surface area is 379 Å². The van der Waals surface area contributed by atoms with Crippen LogP contribution in [0.2, 0.25) is 0 Å². The molecule has 2 spiro atoms.